The predicted octanol–water partition coefficient (Wildman–Crippen LogP) is -2.25. The quantitative estimate of drug-likeness (QED) is 0.243. The van der Waals surface area contributed by atoms with Gasteiger partial charge in [0.1, 0.15) is 5.52 Å². The minimum absolute atomic E-state index is 0. The van der Waals surface area contributed by atoms with Crippen LogP contribution in [0.4, 0.5) is 0 Å². The van der Waals surface area contributed by atoms with E-state index in [9.17, 15) is 9.59 Å². The van der Waals surface area contributed by atoms with E-state index in [2.05, 4.69) is 25.3 Å². The van der Waals surface area contributed by atoms with Crippen molar-refractivity contribution in [3.8, 4) is 0 Å². The fourth-order valence-electron chi connectivity index (χ4n) is 0.252. The molecule has 6 nitrogen and oxygen atoms in total. The van der Waals surface area contributed by atoms with E-state index in [1.807, 2.05) is 0 Å². The third-order valence-electron chi connectivity index (χ3n) is 0.565. The van der Waals surface area contributed by atoms with Gasteiger partial charge in [-0.05, 0) is 15.9 Å². The summed E-state index contributed by atoms with van der Waals surface area (Å²) in [6, 6.07) is 0. The molecule has 0 unspecified atom stereocenters. The summed E-state index contributed by atoms with van der Waals surface area (Å²) in [6.07, 6.45) is 0. The van der Waals surface area contributed by atoms with Gasteiger partial charge in [0.15, 0.2) is 0 Å². The standard InChI is InChI=1S/C3H4BBrO6.Li.H/c5-1-10-2(6)3(7)11-4(8)9;;/h8-9H,1H2;;. The molecule has 0 atom stereocenters. The van der Waals surface area contributed by atoms with Crippen molar-refractivity contribution >= 4 is 54.1 Å². The first-order chi connectivity index (χ1) is 5.07. The number of carbonyl (C=O) groups is 2. The van der Waals surface area contributed by atoms with Crippen LogP contribution in [0, 0.1) is 0 Å². The van der Waals surface area contributed by atoms with Crippen LogP contribution in [0.1, 0.15) is 0 Å². The van der Waals surface area contributed by atoms with E-state index in [4.69, 9.17) is 10.0 Å². The van der Waals surface area contributed by atoms with Crippen LogP contribution in [0.2, 0.25) is 0 Å². The van der Waals surface area contributed by atoms with Gasteiger partial charge in [-0.2, -0.15) is 0 Å². The maximum absolute atomic E-state index is 10.3. The second-order valence-corrected chi connectivity index (χ2v) is 1.73. The zero-order valence-corrected chi connectivity index (χ0v) is 6.78. The van der Waals surface area contributed by atoms with Crippen LogP contribution >= 0.6 is 15.9 Å². The fraction of sp³-hybridized carbons (Fsp3) is 0.333. The van der Waals surface area contributed by atoms with Crippen LogP contribution in [0.15, 0.2) is 0 Å². The average Bonchev–Trinajstić information content (AvgIpc) is 1.86. The molecule has 0 heterocycles. The fourth-order valence-corrected chi connectivity index (χ4v) is 0.460. The molecule has 0 bridgehead atoms. The van der Waals surface area contributed by atoms with E-state index >= 15 is 0 Å². The topological polar surface area (TPSA) is 93.1 Å². The van der Waals surface area contributed by atoms with E-state index in [0.717, 1.165) is 0 Å². The summed E-state index contributed by atoms with van der Waals surface area (Å²) < 4.78 is 7.73. The van der Waals surface area contributed by atoms with Gasteiger partial charge >= 0.3 is 38.1 Å². The first kappa shape index (κ1) is 14.5. The number of hydrogen-bond donors (Lipinski definition) is 2. The zero-order chi connectivity index (χ0) is 8.85. The summed E-state index contributed by atoms with van der Waals surface area (Å²) in [5.74, 6) is -2.76. The Hall–Kier alpha value is 0.00234. The third-order valence-corrected chi connectivity index (χ3v) is 0.794. The van der Waals surface area contributed by atoms with E-state index in [-0.39, 0.29) is 24.4 Å². The molecule has 9 heteroatoms. The molecule has 0 spiro atoms. The van der Waals surface area contributed by atoms with Crippen molar-refractivity contribution in [2.75, 3.05) is 5.52 Å². The van der Waals surface area contributed by atoms with E-state index in [1.54, 1.807) is 0 Å². The zero-order valence-electron chi connectivity index (χ0n) is 5.19. The van der Waals surface area contributed by atoms with Crippen LogP contribution in [0.25, 0.3) is 0 Å². The van der Waals surface area contributed by atoms with Crippen molar-refractivity contribution < 1.29 is 29.0 Å². The Labute approximate surface area is 88.7 Å². The number of ether oxygens (including phenoxy) is 1. The Morgan fingerprint density at radius 2 is 1.83 bits per heavy atom. The molecule has 64 valence electrons. The van der Waals surface area contributed by atoms with Crippen LogP contribution in [-0.2, 0) is 19.0 Å². The summed E-state index contributed by atoms with van der Waals surface area (Å²) in [7, 11) is -2.30. The minimum atomic E-state index is -2.30. The van der Waals surface area contributed by atoms with Crippen LogP contribution < -0.4 is 0 Å². The van der Waals surface area contributed by atoms with Crippen LogP contribution in [0.5, 0.6) is 0 Å². The molecule has 0 aromatic carbocycles. The molecule has 0 aliphatic rings. The van der Waals surface area contributed by atoms with Crippen LogP contribution in [0.3, 0.4) is 0 Å². The van der Waals surface area contributed by atoms with Gasteiger partial charge in [0.25, 0.3) is 0 Å². The Kier molecular flexibility index (Phi) is 9.25. The van der Waals surface area contributed by atoms with Gasteiger partial charge in [0, 0.05) is 0 Å². The van der Waals surface area contributed by atoms with Crippen molar-refractivity contribution in [2.45, 2.75) is 0 Å². The normalized spacial score (nSPS) is 7.92. The van der Waals surface area contributed by atoms with Gasteiger partial charge in [-0.15, -0.1) is 0 Å². The van der Waals surface area contributed by atoms with Crippen molar-refractivity contribution in [1.82, 2.24) is 0 Å². The second-order valence-electron chi connectivity index (χ2n) is 1.27. The van der Waals surface area contributed by atoms with E-state index in [0.29, 0.717) is 0 Å². The number of carbonyl (C=O) groups excluding carboxylic acids is 2. The summed E-state index contributed by atoms with van der Waals surface area (Å²) >= 11 is 2.71. The number of rotatable bonds is 2. The first-order valence-electron chi connectivity index (χ1n) is 2.37. The van der Waals surface area contributed by atoms with Crippen molar-refractivity contribution in [1.29, 1.82) is 0 Å². The molecule has 0 saturated heterocycles. The number of esters is 1. The number of alkyl halides is 1. The number of halogens is 1. The molecule has 0 amide bonds. The Bertz CT molecular complexity index is 163. The Morgan fingerprint density at radius 1 is 1.33 bits per heavy atom. The Balaban J connectivity index is 0. The molecule has 0 aromatic heterocycles. The van der Waals surface area contributed by atoms with Crippen molar-refractivity contribution in [2.24, 2.45) is 0 Å². The molecule has 0 aromatic rings. The molecular weight excluding hydrogens is 230 g/mol. The monoisotopic (exact) mass is 234 g/mol. The van der Waals surface area contributed by atoms with Gasteiger partial charge in [-0.3, -0.25) is 0 Å². The third kappa shape index (κ3) is 6.70. The van der Waals surface area contributed by atoms with E-state index in [1.165, 1.54) is 0 Å². The molecule has 2 N–H and O–H groups in total. The summed E-state index contributed by atoms with van der Waals surface area (Å²) in [4.78, 5) is 20.6. The molecule has 0 aliphatic heterocycles. The molecule has 0 rings (SSSR count). The van der Waals surface area contributed by atoms with E-state index < -0.39 is 19.3 Å². The van der Waals surface area contributed by atoms with Gasteiger partial charge in [0.05, 0.1) is 0 Å². The average molecular weight is 235 g/mol. The summed E-state index contributed by atoms with van der Waals surface area (Å²) in [5, 5.41) is 16.1. The summed E-state index contributed by atoms with van der Waals surface area (Å²) in [5.41, 5.74) is -0.164. The molecule has 0 saturated carbocycles. The SMILES string of the molecule is O=C(OCBr)C(=O)OB(O)O.[LiH]. The first-order valence-corrected chi connectivity index (χ1v) is 3.50. The van der Waals surface area contributed by atoms with Gasteiger partial charge < -0.3 is 19.4 Å². The van der Waals surface area contributed by atoms with Gasteiger partial charge in [0.2, 0.25) is 0 Å². The summed E-state index contributed by atoms with van der Waals surface area (Å²) in [6.45, 7) is 0. The van der Waals surface area contributed by atoms with Crippen LogP contribution in [-0.4, -0.2) is 53.7 Å². The molecular formula is C3H5BBrLiO6. The molecule has 0 fully saturated rings. The molecule has 12 heavy (non-hydrogen) atoms. The van der Waals surface area contributed by atoms with Gasteiger partial charge in [-0.1, -0.05) is 0 Å². The maximum atomic E-state index is 10.3. The number of hydrogen-bond acceptors (Lipinski definition) is 6. The molecule has 0 aliphatic carbocycles. The van der Waals surface area contributed by atoms with Crippen molar-refractivity contribution in [3.63, 3.8) is 0 Å². The van der Waals surface area contributed by atoms with Gasteiger partial charge in [-0.25, -0.2) is 9.59 Å². The molecule has 0 radical (unpaired) electrons. The Morgan fingerprint density at radius 3 is 2.17 bits per heavy atom. The predicted molar refractivity (Wildman–Crippen MR) is 43.3 cm³/mol. The second kappa shape index (κ2) is 7.64. The van der Waals surface area contributed by atoms with Crippen molar-refractivity contribution in [3.05, 3.63) is 0 Å².